The number of halogens is 1. The molecule has 0 spiro atoms. The van der Waals surface area contributed by atoms with E-state index in [-0.39, 0.29) is 11.8 Å². The number of nitrogens with zero attached hydrogens (tertiary/aromatic N) is 1. The maximum Gasteiger partial charge on any atom is 0.251 e. The molecular formula is C24H23BrN2O2. The van der Waals surface area contributed by atoms with E-state index in [1.807, 2.05) is 72.8 Å². The summed E-state index contributed by atoms with van der Waals surface area (Å²) in [6.07, 6.45) is 1.01. The fraction of sp³-hybridized carbons (Fsp3) is 0.167. The Kier molecular flexibility index (Phi) is 7.59. The van der Waals surface area contributed by atoms with Crippen molar-refractivity contribution in [3.05, 3.63) is 101 Å². The molecule has 148 valence electrons. The van der Waals surface area contributed by atoms with Crippen LogP contribution in [0.5, 0.6) is 0 Å². The van der Waals surface area contributed by atoms with Crippen molar-refractivity contribution in [2.45, 2.75) is 12.8 Å². The van der Waals surface area contributed by atoms with E-state index in [0.717, 1.165) is 15.7 Å². The third-order valence-electron chi connectivity index (χ3n) is 4.52. The molecular weight excluding hydrogens is 428 g/mol. The van der Waals surface area contributed by atoms with Gasteiger partial charge in [0.15, 0.2) is 0 Å². The summed E-state index contributed by atoms with van der Waals surface area (Å²) in [5, 5.41) is 2.92. The molecule has 0 radical (unpaired) electrons. The Labute approximate surface area is 179 Å². The molecule has 0 atom stereocenters. The number of carbonyl (C=O) groups is 2. The quantitative estimate of drug-likeness (QED) is 0.498. The first-order valence-corrected chi connectivity index (χ1v) is 10.4. The first kappa shape index (κ1) is 20.8. The van der Waals surface area contributed by atoms with E-state index in [4.69, 9.17) is 0 Å². The number of hydrogen-bond donors (Lipinski definition) is 1. The molecule has 0 fully saturated rings. The lowest BCUT2D eigenvalue weighted by atomic mass is 10.1. The standard InChI is InChI=1S/C24H23BrN2O2/c25-21-14-12-20(13-15-21)24(29)26-16-7-17-27(22-10-5-2-6-11-22)23(28)18-19-8-3-1-4-9-19/h1-6,8-15H,7,16-18H2,(H,26,29). The number of anilines is 1. The van der Waals surface area contributed by atoms with Crippen molar-refractivity contribution in [2.75, 3.05) is 18.0 Å². The lowest BCUT2D eigenvalue weighted by Crippen LogP contribution is -2.35. The Hall–Kier alpha value is -2.92. The van der Waals surface area contributed by atoms with Gasteiger partial charge in [0.25, 0.3) is 5.91 Å². The van der Waals surface area contributed by atoms with Crippen molar-refractivity contribution in [1.29, 1.82) is 0 Å². The van der Waals surface area contributed by atoms with Gasteiger partial charge in [0.05, 0.1) is 6.42 Å². The fourth-order valence-corrected chi connectivity index (χ4v) is 3.28. The zero-order valence-electron chi connectivity index (χ0n) is 16.1. The van der Waals surface area contributed by atoms with Crippen LogP contribution in [-0.4, -0.2) is 24.9 Å². The Morgan fingerprint density at radius 2 is 1.45 bits per heavy atom. The van der Waals surface area contributed by atoms with Crippen LogP contribution in [-0.2, 0) is 11.2 Å². The molecule has 3 aromatic rings. The maximum absolute atomic E-state index is 12.9. The molecule has 3 aromatic carbocycles. The van der Waals surface area contributed by atoms with Crippen LogP contribution >= 0.6 is 15.9 Å². The normalized spacial score (nSPS) is 10.4. The summed E-state index contributed by atoms with van der Waals surface area (Å²) >= 11 is 3.36. The van der Waals surface area contributed by atoms with Crippen LogP contribution in [0.2, 0.25) is 0 Å². The zero-order chi connectivity index (χ0) is 20.5. The Bertz CT molecular complexity index is 928. The van der Waals surface area contributed by atoms with E-state index in [1.54, 1.807) is 17.0 Å². The molecule has 5 heteroatoms. The van der Waals surface area contributed by atoms with Crippen LogP contribution < -0.4 is 10.2 Å². The maximum atomic E-state index is 12.9. The van der Waals surface area contributed by atoms with Gasteiger partial charge in [-0.25, -0.2) is 0 Å². The second-order valence-corrected chi connectivity index (χ2v) is 7.58. The topological polar surface area (TPSA) is 49.4 Å². The molecule has 4 nitrogen and oxygen atoms in total. The van der Waals surface area contributed by atoms with Gasteiger partial charge < -0.3 is 10.2 Å². The van der Waals surface area contributed by atoms with E-state index in [2.05, 4.69) is 21.2 Å². The van der Waals surface area contributed by atoms with Crippen LogP contribution in [0.3, 0.4) is 0 Å². The van der Waals surface area contributed by atoms with Crippen molar-refractivity contribution in [1.82, 2.24) is 5.32 Å². The molecule has 29 heavy (non-hydrogen) atoms. The largest absolute Gasteiger partial charge is 0.352 e. The minimum Gasteiger partial charge on any atom is -0.352 e. The first-order valence-electron chi connectivity index (χ1n) is 9.56. The van der Waals surface area contributed by atoms with Gasteiger partial charge in [-0.1, -0.05) is 64.5 Å². The van der Waals surface area contributed by atoms with Gasteiger partial charge in [-0.15, -0.1) is 0 Å². The lowest BCUT2D eigenvalue weighted by molar-refractivity contribution is -0.118. The second kappa shape index (κ2) is 10.6. The average Bonchev–Trinajstić information content (AvgIpc) is 2.75. The van der Waals surface area contributed by atoms with Crippen molar-refractivity contribution < 1.29 is 9.59 Å². The van der Waals surface area contributed by atoms with E-state index >= 15 is 0 Å². The predicted octanol–water partition coefficient (Wildman–Crippen LogP) is 4.84. The molecule has 2 amide bonds. The van der Waals surface area contributed by atoms with E-state index in [0.29, 0.717) is 31.5 Å². The van der Waals surface area contributed by atoms with Crippen LogP contribution in [0.15, 0.2) is 89.4 Å². The number of hydrogen-bond acceptors (Lipinski definition) is 2. The zero-order valence-corrected chi connectivity index (χ0v) is 17.6. The highest BCUT2D eigenvalue weighted by Crippen LogP contribution is 2.16. The van der Waals surface area contributed by atoms with Gasteiger partial charge >= 0.3 is 0 Å². The summed E-state index contributed by atoms with van der Waals surface area (Å²) in [4.78, 5) is 27.0. The summed E-state index contributed by atoms with van der Waals surface area (Å²) in [7, 11) is 0. The van der Waals surface area contributed by atoms with E-state index < -0.39 is 0 Å². The number of nitrogens with one attached hydrogen (secondary N) is 1. The minimum atomic E-state index is -0.112. The molecule has 0 unspecified atom stereocenters. The molecule has 0 saturated carbocycles. The highest BCUT2D eigenvalue weighted by molar-refractivity contribution is 9.10. The first-order chi connectivity index (χ1) is 14.1. The third kappa shape index (κ3) is 6.29. The molecule has 0 aliphatic heterocycles. The smallest absolute Gasteiger partial charge is 0.251 e. The lowest BCUT2D eigenvalue weighted by Gasteiger charge is -2.23. The number of amides is 2. The summed E-state index contributed by atoms with van der Waals surface area (Å²) in [5.74, 6) is -0.0685. The molecule has 1 N–H and O–H groups in total. The molecule has 0 aliphatic rings. The Balaban J connectivity index is 1.58. The second-order valence-electron chi connectivity index (χ2n) is 6.66. The van der Waals surface area contributed by atoms with Gasteiger partial charge in [-0.3, -0.25) is 9.59 Å². The number of para-hydroxylation sites is 1. The predicted molar refractivity (Wildman–Crippen MR) is 120 cm³/mol. The molecule has 0 aliphatic carbocycles. The van der Waals surface area contributed by atoms with Crippen molar-refractivity contribution in [3.63, 3.8) is 0 Å². The number of carbonyl (C=O) groups excluding carboxylic acids is 2. The Morgan fingerprint density at radius 1 is 0.828 bits per heavy atom. The van der Waals surface area contributed by atoms with E-state index in [9.17, 15) is 9.59 Å². The van der Waals surface area contributed by atoms with Gasteiger partial charge in [0.1, 0.15) is 0 Å². The summed E-state index contributed by atoms with van der Waals surface area (Å²) in [5.41, 5.74) is 2.47. The van der Waals surface area contributed by atoms with Crippen LogP contribution in [0, 0.1) is 0 Å². The number of benzene rings is 3. The van der Waals surface area contributed by atoms with Crippen molar-refractivity contribution in [2.24, 2.45) is 0 Å². The van der Waals surface area contributed by atoms with Crippen molar-refractivity contribution >= 4 is 33.4 Å². The summed E-state index contributed by atoms with van der Waals surface area (Å²) in [6, 6.07) is 26.6. The summed E-state index contributed by atoms with van der Waals surface area (Å²) < 4.78 is 0.935. The Morgan fingerprint density at radius 3 is 2.10 bits per heavy atom. The molecule has 0 heterocycles. The molecule has 0 aromatic heterocycles. The molecule has 0 bridgehead atoms. The molecule has 3 rings (SSSR count). The van der Waals surface area contributed by atoms with Crippen molar-refractivity contribution in [3.8, 4) is 0 Å². The van der Waals surface area contributed by atoms with E-state index in [1.165, 1.54) is 0 Å². The monoisotopic (exact) mass is 450 g/mol. The van der Waals surface area contributed by atoms with Gasteiger partial charge in [-0.2, -0.15) is 0 Å². The van der Waals surface area contributed by atoms with Gasteiger partial charge in [0, 0.05) is 28.8 Å². The van der Waals surface area contributed by atoms with Gasteiger partial charge in [0.2, 0.25) is 5.91 Å². The molecule has 0 saturated heterocycles. The van der Waals surface area contributed by atoms with Crippen LogP contribution in [0.1, 0.15) is 22.3 Å². The third-order valence-corrected chi connectivity index (χ3v) is 5.05. The SMILES string of the molecule is O=C(NCCCN(C(=O)Cc1ccccc1)c1ccccc1)c1ccc(Br)cc1. The summed E-state index contributed by atoms with van der Waals surface area (Å²) in [6.45, 7) is 1.03. The van der Waals surface area contributed by atoms with Crippen LogP contribution in [0.4, 0.5) is 5.69 Å². The average molecular weight is 451 g/mol. The van der Waals surface area contributed by atoms with Crippen LogP contribution in [0.25, 0.3) is 0 Å². The highest BCUT2D eigenvalue weighted by Gasteiger charge is 2.16. The highest BCUT2D eigenvalue weighted by atomic mass is 79.9. The van der Waals surface area contributed by atoms with Gasteiger partial charge in [-0.05, 0) is 48.4 Å². The fourth-order valence-electron chi connectivity index (χ4n) is 3.01. The minimum absolute atomic E-state index is 0.0432. The number of rotatable bonds is 8.